The normalized spacial score (nSPS) is 16.4. The number of fused-ring (bicyclic) bond motifs is 1. The molecule has 0 unspecified atom stereocenters. The number of hydrogen-bond acceptors (Lipinski definition) is 6. The Bertz CT molecular complexity index is 1490. The first kappa shape index (κ1) is 26.8. The monoisotopic (exact) mass is 527 g/mol. The van der Waals surface area contributed by atoms with Crippen molar-refractivity contribution >= 4 is 17.6 Å². The molecule has 1 saturated heterocycles. The predicted molar refractivity (Wildman–Crippen MR) is 153 cm³/mol. The van der Waals surface area contributed by atoms with Crippen LogP contribution in [-0.4, -0.2) is 49.3 Å². The second-order valence-electron chi connectivity index (χ2n) is 12.1. The van der Waals surface area contributed by atoms with Gasteiger partial charge in [0.2, 0.25) is 0 Å². The molecular weight excluding hydrogens is 490 g/mol. The highest BCUT2D eigenvalue weighted by Gasteiger charge is 2.36. The van der Waals surface area contributed by atoms with Crippen LogP contribution in [0.4, 0.5) is 5.82 Å². The van der Waals surface area contributed by atoms with Crippen molar-refractivity contribution in [2.45, 2.75) is 66.1 Å². The summed E-state index contributed by atoms with van der Waals surface area (Å²) in [5.41, 5.74) is 3.70. The van der Waals surface area contributed by atoms with E-state index in [1.807, 2.05) is 58.0 Å². The van der Waals surface area contributed by atoms with Crippen LogP contribution in [0.5, 0.6) is 0 Å². The van der Waals surface area contributed by atoms with E-state index in [1.54, 1.807) is 4.52 Å². The van der Waals surface area contributed by atoms with Crippen molar-refractivity contribution < 1.29 is 14.6 Å². The first-order valence-electron chi connectivity index (χ1n) is 13.5. The van der Waals surface area contributed by atoms with Gasteiger partial charge in [-0.2, -0.15) is 9.50 Å². The van der Waals surface area contributed by atoms with Crippen molar-refractivity contribution in [2.75, 3.05) is 18.0 Å². The van der Waals surface area contributed by atoms with Crippen molar-refractivity contribution in [3.63, 3.8) is 0 Å². The van der Waals surface area contributed by atoms with E-state index >= 15 is 0 Å². The summed E-state index contributed by atoms with van der Waals surface area (Å²) in [7, 11) is 0. The highest BCUT2D eigenvalue weighted by atomic mass is 16.5. The number of carboxylic acids is 1. The summed E-state index contributed by atoms with van der Waals surface area (Å²) in [6, 6.07) is 18.3. The quantitative estimate of drug-likeness (QED) is 0.313. The van der Waals surface area contributed by atoms with Gasteiger partial charge >= 0.3 is 5.97 Å². The number of anilines is 1. The van der Waals surface area contributed by atoms with Crippen LogP contribution in [0.2, 0.25) is 0 Å². The van der Waals surface area contributed by atoms with E-state index in [2.05, 4.69) is 43.0 Å². The van der Waals surface area contributed by atoms with Crippen LogP contribution in [0.1, 0.15) is 64.8 Å². The van der Waals surface area contributed by atoms with E-state index in [4.69, 9.17) is 19.8 Å². The first-order valence-corrected chi connectivity index (χ1v) is 13.5. The first-order chi connectivity index (χ1) is 18.4. The topological polar surface area (TPSA) is 92.9 Å². The van der Waals surface area contributed by atoms with Gasteiger partial charge in [-0.3, -0.25) is 0 Å². The SMILES string of the molecule is Cc1nc2nc(-c3cccc(-c4ccccc4)c3)nn2c(N2CCC(C)(C)CC2)c1[C@H](OC(C)(C)C)C(=O)O. The van der Waals surface area contributed by atoms with Gasteiger partial charge in [0.05, 0.1) is 16.9 Å². The van der Waals surface area contributed by atoms with Crippen LogP contribution in [0, 0.1) is 12.3 Å². The summed E-state index contributed by atoms with van der Waals surface area (Å²) in [5.74, 6) is 0.626. The van der Waals surface area contributed by atoms with E-state index in [0.717, 1.165) is 42.6 Å². The molecule has 1 aliphatic rings. The molecule has 3 heterocycles. The molecule has 5 rings (SSSR count). The van der Waals surface area contributed by atoms with Crippen LogP contribution >= 0.6 is 0 Å². The lowest BCUT2D eigenvalue weighted by atomic mass is 9.82. The maximum absolute atomic E-state index is 12.6. The summed E-state index contributed by atoms with van der Waals surface area (Å²) in [6.07, 6.45) is 0.766. The average Bonchev–Trinajstić information content (AvgIpc) is 3.30. The molecule has 1 aliphatic heterocycles. The van der Waals surface area contributed by atoms with E-state index in [1.165, 1.54) is 0 Å². The largest absolute Gasteiger partial charge is 0.479 e. The van der Waals surface area contributed by atoms with Gasteiger partial charge in [-0.25, -0.2) is 9.78 Å². The van der Waals surface area contributed by atoms with Gasteiger partial charge in [-0.05, 0) is 63.1 Å². The Morgan fingerprint density at radius 1 is 0.974 bits per heavy atom. The van der Waals surface area contributed by atoms with Gasteiger partial charge in [0, 0.05) is 18.7 Å². The van der Waals surface area contributed by atoms with Crippen LogP contribution in [0.25, 0.3) is 28.3 Å². The zero-order chi connectivity index (χ0) is 27.9. The predicted octanol–water partition coefficient (Wildman–Crippen LogP) is 6.33. The molecule has 0 spiro atoms. The number of rotatable bonds is 6. The van der Waals surface area contributed by atoms with Gasteiger partial charge in [0.25, 0.3) is 5.78 Å². The molecule has 8 heteroatoms. The summed E-state index contributed by atoms with van der Waals surface area (Å²) >= 11 is 0. The Morgan fingerprint density at radius 3 is 2.26 bits per heavy atom. The number of aromatic nitrogens is 4. The minimum atomic E-state index is -1.19. The molecule has 39 heavy (non-hydrogen) atoms. The fourth-order valence-corrected chi connectivity index (χ4v) is 5.12. The summed E-state index contributed by atoms with van der Waals surface area (Å²) in [6.45, 7) is 13.5. The molecule has 204 valence electrons. The molecule has 8 nitrogen and oxygen atoms in total. The number of aliphatic carboxylic acids is 1. The Kier molecular flexibility index (Phi) is 6.93. The van der Waals surface area contributed by atoms with E-state index < -0.39 is 17.7 Å². The maximum atomic E-state index is 12.6. The molecule has 2 aromatic heterocycles. The van der Waals surface area contributed by atoms with Crippen LogP contribution in [0.3, 0.4) is 0 Å². The minimum Gasteiger partial charge on any atom is -0.479 e. The molecule has 0 amide bonds. The highest BCUT2D eigenvalue weighted by Crippen LogP contribution is 2.39. The van der Waals surface area contributed by atoms with Crippen molar-refractivity contribution in [3.8, 4) is 22.5 Å². The Hall–Kier alpha value is -3.78. The molecular formula is C31H37N5O3. The van der Waals surface area contributed by atoms with Crippen molar-refractivity contribution in [1.82, 2.24) is 19.6 Å². The van der Waals surface area contributed by atoms with Crippen LogP contribution in [-0.2, 0) is 9.53 Å². The van der Waals surface area contributed by atoms with Gasteiger partial charge in [-0.15, -0.1) is 5.10 Å². The number of carbonyl (C=O) groups is 1. The average molecular weight is 528 g/mol. The smallest absolute Gasteiger partial charge is 0.337 e. The van der Waals surface area contributed by atoms with Crippen molar-refractivity contribution in [2.24, 2.45) is 5.41 Å². The molecule has 0 radical (unpaired) electrons. The number of nitrogens with zero attached hydrogens (tertiary/aromatic N) is 5. The van der Waals surface area contributed by atoms with Crippen LogP contribution in [0.15, 0.2) is 54.6 Å². The Labute approximate surface area is 229 Å². The van der Waals surface area contributed by atoms with Crippen LogP contribution < -0.4 is 4.90 Å². The Morgan fingerprint density at radius 2 is 1.62 bits per heavy atom. The third-order valence-corrected chi connectivity index (χ3v) is 7.29. The number of ether oxygens (including phenoxy) is 1. The molecule has 0 aliphatic carbocycles. The zero-order valence-electron chi connectivity index (χ0n) is 23.6. The van der Waals surface area contributed by atoms with E-state index in [-0.39, 0.29) is 5.41 Å². The van der Waals surface area contributed by atoms with Crippen molar-refractivity contribution in [3.05, 3.63) is 65.9 Å². The fourth-order valence-electron chi connectivity index (χ4n) is 5.12. The molecule has 2 aromatic carbocycles. The molecule has 1 atom stereocenters. The van der Waals surface area contributed by atoms with E-state index in [0.29, 0.717) is 28.7 Å². The van der Waals surface area contributed by atoms with Gasteiger partial charge in [0.1, 0.15) is 5.82 Å². The minimum absolute atomic E-state index is 0.220. The molecule has 0 bridgehead atoms. The molecule has 1 fully saturated rings. The third-order valence-electron chi connectivity index (χ3n) is 7.29. The van der Waals surface area contributed by atoms with Crippen molar-refractivity contribution in [1.29, 1.82) is 0 Å². The fraction of sp³-hybridized carbons (Fsp3) is 0.419. The molecule has 1 N–H and O–H groups in total. The summed E-state index contributed by atoms with van der Waals surface area (Å²) < 4.78 is 7.83. The standard InChI is InChI=1S/C31H37N5O3/c1-20-24(25(28(37)38)39-30(2,3)4)27(35-17-15-31(5,6)16-18-35)36-29(32-20)33-26(34-36)23-14-10-13-22(19-23)21-11-8-7-9-12-21/h7-14,19,25H,15-18H2,1-6H3,(H,37,38)/t25-/m0/s1. The lowest BCUT2D eigenvalue weighted by Crippen LogP contribution is -2.40. The number of aryl methyl sites for hydroxylation is 1. The van der Waals surface area contributed by atoms with Gasteiger partial charge in [0.15, 0.2) is 11.9 Å². The third kappa shape index (κ3) is 5.66. The number of carboxylic acid groups (broad SMARTS) is 1. The molecule has 4 aromatic rings. The highest BCUT2D eigenvalue weighted by molar-refractivity contribution is 5.78. The summed E-state index contributed by atoms with van der Waals surface area (Å²) in [5, 5.41) is 15.2. The number of hydrogen-bond donors (Lipinski definition) is 1. The lowest BCUT2D eigenvalue weighted by molar-refractivity contribution is -0.160. The van der Waals surface area contributed by atoms with E-state index in [9.17, 15) is 9.90 Å². The number of piperidine rings is 1. The maximum Gasteiger partial charge on any atom is 0.337 e. The van der Waals surface area contributed by atoms with Gasteiger partial charge < -0.3 is 14.7 Å². The zero-order valence-corrected chi connectivity index (χ0v) is 23.6. The van der Waals surface area contributed by atoms with Gasteiger partial charge in [-0.1, -0.05) is 62.4 Å². The second-order valence-corrected chi connectivity index (χ2v) is 12.1. The number of benzene rings is 2. The Balaban J connectivity index is 1.68. The summed E-state index contributed by atoms with van der Waals surface area (Å²) in [4.78, 5) is 24.4. The molecule has 0 saturated carbocycles. The second kappa shape index (κ2) is 10.1. The lowest BCUT2D eigenvalue weighted by Gasteiger charge is -2.39.